The molecule has 28 heavy (non-hydrogen) atoms. The summed E-state index contributed by atoms with van der Waals surface area (Å²) in [4.78, 5) is 19.7. The minimum atomic E-state index is -4.39. The molecule has 2 heterocycles. The molecule has 1 aliphatic heterocycles. The Morgan fingerprint density at radius 1 is 1.00 bits per heavy atom. The van der Waals surface area contributed by atoms with Gasteiger partial charge in [0.05, 0.1) is 16.6 Å². The Morgan fingerprint density at radius 3 is 2.39 bits per heavy atom. The fourth-order valence-electron chi connectivity index (χ4n) is 3.51. The van der Waals surface area contributed by atoms with E-state index in [0.717, 1.165) is 36.6 Å². The summed E-state index contributed by atoms with van der Waals surface area (Å²) in [6.45, 7) is 4.40. The van der Waals surface area contributed by atoms with Crippen molar-refractivity contribution in [3.63, 3.8) is 0 Å². The summed E-state index contributed by atoms with van der Waals surface area (Å²) in [6, 6.07) is 11.4. The van der Waals surface area contributed by atoms with E-state index in [0.29, 0.717) is 24.1 Å². The summed E-state index contributed by atoms with van der Waals surface area (Å²) in [6.07, 6.45) is -2.85. The van der Waals surface area contributed by atoms with E-state index in [1.165, 1.54) is 12.4 Å². The van der Waals surface area contributed by atoms with E-state index >= 15 is 0 Å². The van der Waals surface area contributed by atoms with Crippen molar-refractivity contribution in [2.45, 2.75) is 13.1 Å². The highest BCUT2D eigenvalue weighted by Crippen LogP contribution is 2.32. The van der Waals surface area contributed by atoms with E-state index in [-0.39, 0.29) is 5.91 Å². The Balaban J connectivity index is 1.62. The predicted octanol–water partition coefficient (Wildman–Crippen LogP) is 3.71. The van der Waals surface area contributed by atoms with E-state index in [1.807, 2.05) is 29.2 Å². The Hall–Kier alpha value is -3.03. The first-order valence-corrected chi connectivity index (χ1v) is 8.98. The standard InChI is InChI=1S/C20H19F3N4O/c1-14(28)25-7-9-26(10-8-25)16-3-2-4-17(12-16)27-13-24-18-11-15(20(21,22)23)5-6-19(18)27/h2-6,11-13H,7-10H2,1H3. The minimum Gasteiger partial charge on any atom is -0.368 e. The van der Waals surface area contributed by atoms with E-state index in [2.05, 4.69) is 9.88 Å². The number of hydrogen-bond acceptors (Lipinski definition) is 3. The third-order valence-corrected chi connectivity index (χ3v) is 5.07. The maximum atomic E-state index is 12.9. The minimum absolute atomic E-state index is 0.0801. The van der Waals surface area contributed by atoms with Crippen LogP contribution < -0.4 is 4.90 Å². The van der Waals surface area contributed by atoms with Gasteiger partial charge in [-0.05, 0) is 36.4 Å². The van der Waals surface area contributed by atoms with Crippen LogP contribution >= 0.6 is 0 Å². The maximum Gasteiger partial charge on any atom is 0.416 e. The number of rotatable bonds is 2. The molecule has 0 saturated carbocycles. The second-order valence-electron chi connectivity index (χ2n) is 6.83. The van der Waals surface area contributed by atoms with Crippen LogP contribution in [0.5, 0.6) is 0 Å². The van der Waals surface area contributed by atoms with Crippen molar-refractivity contribution in [1.29, 1.82) is 0 Å². The van der Waals surface area contributed by atoms with Gasteiger partial charge in [0.1, 0.15) is 6.33 Å². The summed E-state index contributed by atoms with van der Waals surface area (Å²) in [5, 5.41) is 0. The van der Waals surface area contributed by atoms with Crippen molar-refractivity contribution in [1.82, 2.24) is 14.5 Å². The number of carbonyl (C=O) groups is 1. The number of alkyl halides is 3. The Bertz CT molecular complexity index is 1020. The highest BCUT2D eigenvalue weighted by Gasteiger charge is 2.30. The van der Waals surface area contributed by atoms with Crippen LogP contribution in [0.1, 0.15) is 12.5 Å². The lowest BCUT2D eigenvalue weighted by molar-refractivity contribution is -0.137. The lowest BCUT2D eigenvalue weighted by Gasteiger charge is -2.35. The molecular formula is C20H19F3N4O. The topological polar surface area (TPSA) is 41.4 Å². The number of amides is 1. The smallest absolute Gasteiger partial charge is 0.368 e. The molecule has 0 unspecified atom stereocenters. The average Bonchev–Trinajstić information content (AvgIpc) is 3.11. The van der Waals surface area contributed by atoms with Crippen LogP contribution in [-0.2, 0) is 11.0 Å². The van der Waals surface area contributed by atoms with Crippen LogP contribution in [0, 0.1) is 0 Å². The quantitative estimate of drug-likeness (QED) is 0.672. The number of carbonyl (C=O) groups excluding carboxylic acids is 1. The van der Waals surface area contributed by atoms with Gasteiger partial charge in [0.25, 0.3) is 0 Å². The Kier molecular flexibility index (Phi) is 4.49. The lowest BCUT2D eigenvalue weighted by atomic mass is 10.2. The molecule has 1 aromatic heterocycles. The van der Waals surface area contributed by atoms with Gasteiger partial charge in [0.2, 0.25) is 5.91 Å². The molecule has 0 atom stereocenters. The zero-order valence-corrected chi connectivity index (χ0v) is 15.3. The van der Waals surface area contributed by atoms with Gasteiger partial charge < -0.3 is 9.80 Å². The van der Waals surface area contributed by atoms with Gasteiger partial charge >= 0.3 is 6.18 Å². The maximum absolute atomic E-state index is 12.9. The molecule has 0 spiro atoms. The zero-order chi connectivity index (χ0) is 19.9. The van der Waals surface area contributed by atoms with Gasteiger partial charge in [-0.1, -0.05) is 6.07 Å². The number of nitrogens with zero attached hydrogens (tertiary/aromatic N) is 4. The third kappa shape index (κ3) is 3.42. The van der Waals surface area contributed by atoms with Crippen molar-refractivity contribution in [3.05, 3.63) is 54.4 Å². The average molecular weight is 388 g/mol. The van der Waals surface area contributed by atoms with Crippen LogP contribution in [0.25, 0.3) is 16.7 Å². The largest absolute Gasteiger partial charge is 0.416 e. The number of aromatic nitrogens is 2. The van der Waals surface area contributed by atoms with Gasteiger partial charge in [0.15, 0.2) is 0 Å². The van der Waals surface area contributed by atoms with Gasteiger partial charge in [-0.15, -0.1) is 0 Å². The van der Waals surface area contributed by atoms with E-state index < -0.39 is 11.7 Å². The summed E-state index contributed by atoms with van der Waals surface area (Å²) >= 11 is 0. The lowest BCUT2D eigenvalue weighted by Crippen LogP contribution is -2.48. The molecule has 1 fully saturated rings. The van der Waals surface area contributed by atoms with Crippen LogP contribution in [-0.4, -0.2) is 46.5 Å². The molecule has 0 N–H and O–H groups in total. The summed E-state index contributed by atoms with van der Waals surface area (Å²) < 4.78 is 40.5. The molecule has 0 radical (unpaired) electrons. The highest BCUT2D eigenvalue weighted by molar-refractivity contribution is 5.78. The van der Waals surface area contributed by atoms with Crippen molar-refractivity contribution in [2.75, 3.05) is 31.1 Å². The Labute approximate surface area is 160 Å². The molecule has 1 amide bonds. The summed E-state index contributed by atoms with van der Waals surface area (Å²) in [5.74, 6) is 0.0801. The third-order valence-electron chi connectivity index (χ3n) is 5.07. The molecular weight excluding hydrogens is 369 g/mol. The zero-order valence-electron chi connectivity index (χ0n) is 15.3. The molecule has 0 bridgehead atoms. The van der Waals surface area contributed by atoms with Crippen LogP contribution in [0.15, 0.2) is 48.8 Å². The normalized spacial score (nSPS) is 15.3. The molecule has 4 rings (SSSR count). The second kappa shape index (κ2) is 6.85. The van der Waals surface area contributed by atoms with Crippen LogP contribution in [0.3, 0.4) is 0 Å². The van der Waals surface area contributed by atoms with Gasteiger partial charge in [0, 0.05) is 44.5 Å². The molecule has 0 aliphatic carbocycles. The number of piperazine rings is 1. The van der Waals surface area contributed by atoms with Crippen LogP contribution in [0.4, 0.5) is 18.9 Å². The molecule has 3 aromatic rings. The van der Waals surface area contributed by atoms with Crippen molar-refractivity contribution >= 4 is 22.6 Å². The number of halogens is 3. The molecule has 146 valence electrons. The molecule has 1 saturated heterocycles. The van der Waals surface area contributed by atoms with Gasteiger partial charge in [-0.3, -0.25) is 9.36 Å². The summed E-state index contributed by atoms with van der Waals surface area (Å²) in [5.41, 5.74) is 2.05. The first kappa shape index (κ1) is 18.3. The fourth-order valence-corrected chi connectivity index (χ4v) is 3.51. The van der Waals surface area contributed by atoms with E-state index in [9.17, 15) is 18.0 Å². The first-order chi connectivity index (χ1) is 13.3. The fraction of sp³-hybridized carbons (Fsp3) is 0.300. The number of imidazole rings is 1. The van der Waals surface area contributed by atoms with Crippen molar-refractivity contribution < 1.29 is 18.0 Å². The number of fused-ring (bicyclic) bond motifs is 1. The number of benzene rings is 2. The van der Waals surface area contributed by atoms with Gasteiger partial charge in [-0.2, -0.15) is 13.2 Å². The van der Waals surface area contributed by atoms with Crippen molar-refractivity contribution in [3.8, 4) is 5.69 Å². The monoisotopic (exact) mass is 388 g/mol. The molecule has 8 heteroatoms. The molecule has 5 nitrogen and oxygen atoms in total. The predicted molar refractivity (Wildman–Crippen MR) is 101 cm³/mol. The Morgan fingerprint density at radius 2 is 1.71 bits per heavy atom. The number of anilines is 1. The first-order valence-electron chi connectivity index (χ1n) is 8.98. The highest BCUT2D eigenvalue weighted by atomic mass is 19.4. The van der Waals surface area contributed by atoms with Gasteiger partial charge in [-0.25, -0.2) is 4.98 Å². The second-order valence-corrected chi connectivity index (χ2v) is 6.83. The SMILES string of the molecule is CC(=O)N1CCN(c2cccc(-n3cnc4cc(C(F)(F)F)ccc43)c2)CC1. The number of hydrogen-bond donors (Lipinski definition) is 0. The molecule has 1 aliphatic rings. The summed E-state index contributed by atoms with van der Waals surface area (Å²) in [7, 11) is 0. The van der Waals surface area contributed by atoms with Crippen LogP contribution in [0.2, 0.25) is 0 Å². The van der Waals surface area contributed by atoms with E-state index in [4.69, 9.17) is 0 Å². The molecule has 2 aromatic carbocycles. The van der Waals surface area contributed by atoms with Crippen molar-refractivity contribution in [2.24, 2.45) is 0 Å². The van der Waals surface area contributed by atoms with E-state index in [1.54, 1.807) is 11.5 Å².